The first-order valence-corrected chi connectivity index (χ1v) is 6.79. The molecule has 0 aromatic heterocycles. The minimum Gasteiger partial charge on any atom is -0.382 e. The van der Waals surface area contributed by atoms with Gasteiger partial charge in [-0.05, 0) is 46.7 Å². The Bertz CT molecular complexity index is 287. The second-order valence-corrected chi connectivity index (χ2v) is 4.88. The Hall–Kier alpha value is -0.170. The van der Waals surface area contributed by atoms with Crippen molar-refractivity contribution in [2.45, 2.75) is 13.0 Å². The summed E-state index contributed by atoms with van der Waals surface area (Å²) in [4.78, 5) is 0. The molecule has 0 radical (unpaired) electrons. The molecule has 0 N–H and O–H groups in total. The van der Waals surface area contributed by atoms with E-state index in [0.29, 0.717) is 19.8 Å². The molecule has 1 rings (SSSR count). The van der Waals surface area contributed by atoms with E-state index in [1.165, 1.54) is 9.13 Å². The predicted molar refractivity (Wildman–Crippen MR) is 76.1 cm³/mol. The largest absolute Gasteiger partial charge is 0.382 e. The van der Waals surface area contributed by atoms with Crippen LogP contribution in [0.1, 0.15) is 12.0 Å². The van der Waals surface area contributed by atoms with Gasteiger partial charge >= 0.3 is 0 Å². The maximum absolute atomic E-state index is 5.55. The number of rotatable bonds is 9. The number of hydrogen-bond donors (Lipinski definition) is 0. The number of benzene rings is 1. The fourth-order valence-corrected chi connectivity index (χ4v) is 1.64. The Balaban J connectivity index is 1.95. The lowest BCUT2D eigenvalue weighted by Gasteiger charge is -2.05. The number of hydrogen-bond acceptors (Lipinski definition) is 3. The molecular formula is C13H19IO3. The van der Waals surface area contributed by atoms with Crippen LogP contribution >= 0.6 is 22.6 Å². The SMILES string of the molecule is COCCOCCCOCc1ccc(I)cc1. The second-order valence-electron chi connectivity index (χ2n) is 3.64. The Kier molecular flexibility index (Phi) is 8.60. The molecule has 0 saturated heterocycles. The van der Waals surface area contributed by atoms with E-state index in [1.807, 2.05) is 0 Å². The van der Waals surface area contributed by atoms with E-state index < -0.39 is 0 Å². The Morgan fingerprint density at radius 1 is 0.941 bits per heavy atom. The minimum absolute atomic E-state index is 0.656. The van der Waals surface area contributed by atoms with E-state index in [-0.39, 0.29) is 0 Å². The van der Waals surface area contributed by atoms with Crippen molar-refractivity contribution in [3.05, 3.63) is 33.4 Å². The molecule has 0 aliphatic carbocycles. The van der Waals surface area contributed by atoms with Crippen molar-refractivity contribution >= 4 is 22.6 Å². The van der Waals surface area contributed by atoms with Gasteiger partial charge in [-0.1, -0.05) is 12.1 Å². The van der Waals surface area contributed by atoms with Crippen molar-refractivity contribution in [3.63, 3.8) is 0 Å². The van der Waals surface area contributed by atoms with E-state index in [9.17, 15) is 0 Å². The summed E-state index contributed by atoms with van der Waals surface area (Å²) >= 11 is 2.30. The second kappa shape index (κ2) is 9.82. The number of halogens is 1. The highest BCUT2D eigenvalue weighted by atomic mass is 127. The molecule has 0 unspecified atom stereocenters. The average molecular weight is 350 g/mol. The van der Waals surface area contributed by atoms with Gasteiger partial charge in [0.1, 0.15) is 0 Å². The monoisotopic (exact) mass is 350 g/mol. The Morgan fingerprint density at radius 3 is 2.35 bits per heavy atom. The van der Waals surface area contributed by atoms with Crippen molar-refractivity contribution in [2.75, 3.05) is 33.5 Å². The van der Waals surface area contributed by atoms with Crippen molar-refractivity contribution in [3.8, 4) is 0 Å². The molecule has 3 nitrogen and oxygen atoms in total. The van der Waals surface area contributed by atoms with Crippen molar-refractivity contribution in [1.82, 2.24) is 0 Å². The van der Waals surface area contributed by atoms with Crippen LogP contribution in [-0.4, -0.2) is 33.5 Å². The molecule has 17 heavy (non-hydrogen) atoms. The highest BCUT2D eigenvalue weighted by molar-refractivity contribution is 14.1. The smallest absolute Gasteiger partial charge is 0.0716 e. The topological polar surface area (TPSA) is 27.7 Å². The summed E-state index contributed by atoms with van der Waals surface area (Å²) in [6.07, 6.45) is 0.925. The molecule has 0 heterocycles. The van der Waals surface area contributed by atoms with Crippen molar-refractivity contribution in [1.29, 1.82) is 0 Å². The zero-order valence-corrected chi connectivity index (χ0v) is 12.3. The van der Waals surface area contributed by atoms with Crippen LogP contribution in [0.25, 0.3) is 0 Å². The third-order valence-corrected chi connectivity index (χ3v) is 2.91. The standard InChI is InChI=1S/C13H19IO3/c1-15-9-10-16-7-2-8-17-11-12-3-5-13(14)6-4-12/h3-6H,2,7-11H2,1H3. The third kappa shape index (κ3) is 7.70. The van der Waals surface area contributed by atoms with E-state index in [0.717, 1.165) is 19.6 Å². The van der Waals surface area contributed by atoms with Crippen LogP contribution in [0.2, 0.25) is 0 Å². The first-order chi connectivity index (χ1) is 8.33. The summed E-state index contributed by atoms with van der Waals surface area (Å²) in [6.45, 7) is 3.46. The zero-order valence-electron chi connectivity index (χ0n) is 10.2. The minimum atomic E-state index is 0.656. The summed E-state index contributed by atoms with van der Waals surface area (Å²) in [5, 5.41) is 0. The summed E-state index contributed by atoms with van der Waals surface area (Å²) in [5.74, 6) is 0. The van der Waals surface area contributed by atoms with Gasteiger partial charge in [-0.15, -0.1) is 0 Å². The fraction of sp³-hybridized carbons (Fsp3) is 0.538. The molecule has 0 saturated carbocycles. The molecule has 0 amide bonds. The van der Waals surface area contributed by atoms with Crippen LogP contribution in [0.5, 0.6) is 0 Å². The summed E-state index contributed by atoms with van der Waals surface area (Å²) < 4.78 is 17.0. The molecule has 1 aromatic rings. The van der Waals surface area contributed by atoms with Crippen LogP contribution < -0.4 is 0 Å². The van der Waals surface area contributed by atoms with Gasteiger partial charge in [-0.25, -0.2) is 0 Å². The van der Waals surface area contributed by atoms with E-state index in [1.54, 1.807) is 7.11 Å². The maximum Gasteiger partial charge on any atom is 0.0716 e. The Labute approximate surface area is 117 Å². The number of ether oxygens (including phenoxy) is 3. The lowest BCUT2D eigenvalue weighted by molar-refractivity contribution is 0.0483. The van der Waals surface area contributed by atoms with E-state index >= 15 is 0 Å². The first-order valence-electron chi connectivity index (χ1n) is 5.72. The molecule has 1 aromatic carbocycles. The molecule has 0 aliphatic rings. The van der Waals surface area contributed by atoms with E-state index in [4.69, 9.17) is 14.2 Å². The fourth-order valence-electron chi connectivity index (χ4n) is 1.28. The lowest BCUT2D eigenvalue weighted by Crippen LogP contribution is -2.05. The summed E-state index contributed by atoms with van der Waals surface area (Å²) in [7, 11) is 1.67. The molecule has 0 atom stereocenters. The zero-order chi connectivity index (χ0) is 12.3. The van der Waals surface area contributed by atoms with E-state index in [2.05, 4.69) is 46.9 Å². The normalized spacial score (nSPS) is 10.7. The quantitative estimate of drug-likeness (QED) is 0.506. The number of methoxy groups -OCH3 is 1. The van der Waals surface area contributed by atoms with Crippen LogP contribution in [0.15, 0.2) is 24.3 Å². The average Bonchev–Trinajstić information content (AvgIpc) is 2.35. The predicted octanol–water partition coefficient (Wildman–Crippen LogP) is 2.86. The van der Waals surface area contributed by atoms with Gasteiger partial charge in [0.05, 0.1) is 19.8 Å². The molecule has 4 heteroatoms. The van der Waals surface area contributed by atoms with Crippen molar-refractivity contribution < 1.29 is 14.2 Å². The molecule has 0 aliphatic heterocycles. The van der Waals surface area contributed by atoms with Gasteiger partial charge in [-0.2, -0.15) is 0 Å². The van der Waals surface area contributed by atoms with Crippen LogP contribution in [0.4, 0.5) is 0 Å². The first kappa shape index (κ1) is 14.9. The Morgan fingerprint density at radius 2 is 1.65 bits per heavy atom. The van der Waals surface area contributed by atoms with Gasteiger partial charge in [0.2, 0.25) is 0 Å². The molecule has 0 fully saturated rings. The highest BCUT2D eigenvalue weighted by Crippen LogP contribution is 2.07. The molecule has 0 spiro atoms. The molecular weight excluding hydrogens is 331 g/mol. The molecule has 0 bridgehead atoms. The van der Waals surface area contributed by atoms with Gasteiger partial charge in [-0.3, -0.25) is 0 Å². The van der Waals surface area contributed by atoms with Crippen LogP contribution in [-0.2, 0) is 20.8 Å². The lowest BCUT2D eigenvalue weighted by atomic mass is 10.2. The summed E-state index contributed by atoms with van der Waals surface area (Å²) in [6, 6.07) is 8.37. The summed E-state index contributed by atoms with van der Waals surface area (Å²) in [5.41, 5.74) is 1.21. The van der Waals surface area contributed by atoms with Gasteiger partial charge < -0.3 is 14.2 Å². The van der Waals surface area contributed by atoms with Crippen LogP contribution in [0.3, 0.4) is 0 Å². The van der Waals surface area contributed by atoms with Crippen molar-refractivity contribution in [2.24, 2.45) is 0 Å². The van der Waals surface area contributed by atoms with Crippen LogP contribution in [0, 0.1) is 3.57 Å². The van der Waals surface area contributed by atoms with Gasteiger partial charge in [0.25, 0.3) is 0 Å². The third-order valence-electron chi connectivity index (χ3n) is 2.19. The van der Waals surface area contributed by atoms with Gasteiger partial charge in [0, 0.05) is 23.9 Å². The maximum atomic E-state index is 5.55. The molecule has 96 valence electrons. The van der Waals surface area contributed by atoms with Gasteiger partial charge in [0.15, 0.2) is 0 Å². The highest BCUT2D eigenvalue weighted by Gasteiger charge is 1.94.